The Hall–Kier alpha value is -2.12. The number of hydrogen-bond acceptors (Lipinski definition) is 4. The molecule has 0 aliphatic heterocycles. The summed E-state index contributed by atoms with van der Waals surface area (Å²) in [6, 6.07) is 1.50. The van der Waals surface area contributed by atoms with Crippen molar-refractivity contribution in [2.24, 2.45) is 0 Å². The molecule has 0 aliphatic carbocycles. The fourth-order valence-electron chi connectivity index (χ4n) is 1.65. The lowest BCUT2D eigenvalue weighted by Gasteiger charge is -2.13. The maximum absolute atomic E-state index is 12.0. The zero-order valence-corrected chi connectivity index (χ0v) is 12.0. The van der Waals surface area contributed by atoms with Gasteiger partial charge in [-0.3, -0.25) is 4.79 Å². The van der Waals surface area contributed by atoms with Crippen molar-refractivity contribution in [3.05, 3.63) is 46.2 Å². The molecule has 0 unspecified atom stereocenters. The van der Waals surface area contributed by atoms with Crippen LogP contribution in [0.5, 0.6) is 0 Å². The summed E-state index contributed by atoms with van der Waals surface area (Å²) in [5.74, 6) is -1.77. The Morgan fingerprint density at radius 2 is 2.00 bits per heavy atom. The van der Waals surface area contributed by atoms with Gasteiger partial charge in [-0.15, -0.1) is 0 Å². The number of halogens is 2. The van der Waals surface area contributed by atoms with Gasteiger partial charge < -0.3 is 15.4 Å². The molecule has 2 aromatic rings. The second-order valence-electron chi connectivity index (χ2n) is 4.15. The van der Waals surface area contributed by atoms with Crippen LogP contribution in [0.4, 0.5) is 0 Å². The Bertz CT molecular complexity index is 640. The first-order valence-electron chi connectivity index (χ1n) is 5.79. The van der Waals surface area contributed by atoms with Crippen molar-refractivity contribution >= 4 is 35.1 Å². The summed E-state index contributed by atoms with van der Waals surface area (Å²) in [7, 11) is 0. The van der Waals surface area contributed by atoms with Crippen molar-refractivity contribution < 1.29 is 14.7 Å². The lowest BCUT2D eigenvalue weighted by molar-refractivity contribution is -0.139. The number of aromatic nitrogens is 3. The third-order valence-electron chi connectivity index (χ3n) is 2.61. The lowest BCUT2D eigenvalue weighted by atomic mass is 10.1. The van der Waals surface area contributed by atoms with Crippen LogP contribution in [0.25, 0.3) is 0 Å². The molecule has 110 valence electrons. The number of aliphatic carboxylic acids is 1. The van der Waals surface area contributed by atoms with Crippen molar-refractivity contribution in [3.63, 3.8) is 0 Å². The minimum atomic E-state index is -1.16. The van der Waals surface area contributed by atoms with Crippen molar-refractivity contribution in [2.75, 3.05) is 0 Å². The van der Waals surface area contributed by atoms with Gasteiger partial charge in [0.25, 0.3) is 5.91 Å². The van der Waals surface area contributed by atoms with E-state index in [0.29, 0.717) is 5.69 Å². The number of nitrogens with zero attached hydrogens (tertiary/aromatic N) is 2. The number of rotatable bonds is 5. The molecule has 2 heterocycles. The van der Waals surface area contributed by atoms with E-state index in [1.165, 1.54) is 24.7 Å². The molecule has 0 bridgehead atoms. The summed E-state index contributed by atoms with van der Waals surface area (Å²) in [6.45, 7) is 0. The molecule has 0 fully saturated rings. The first kappa shape index (κ1) is 15.3. The summed E-state index contributed by atoms with van der Waals surface area (Å²) in [4.78, 5) is 33.5. The number of nitrogens with one attached hydrogen (secondary N) is 2. The molecular formula is C12H10Cl2N4O3. The quantitative estimate of drug-likeness (QED) is 0.721. The highest BCUT2D eigenvalue weighted by Crippen LogP contribution is 2.14. The monoisotopic (exact) mass is 328 g/mol. The van der Waals surface area contributed by atoms with Crippen LogP contribution in [-0.4, -0.2) is 38.0 Å². The topological polar surface area (TPSA) is 108 Å². The SMILES string of the molecule is O=C(N[C@H](Cc1cnc[nH]1)C(=O)O)c1cc(Cl)nc(Cl)c1. The van der Waals surface area contributed by atoms with Crippen molar-refractivity contribution in [1.82, 2.24) is 20.3 Å². The molecular weight excluding hydrogens is 319 g/mol. The number of amides is 1. The number of imidazole rings is 1. The van der Waals surface area contributed by atoms with Gasteiger partial charge in [-0.25, -0.2) is 14.8 Å². The number of carboxylic acids is 1. The fraction of sp³-hybridized carbons (Fsp3) is 0.167. The predicted octanol–water partition coefficient (Wildman–Crippen LogP) is 1.54. The number of carbonyl (C=O) groups excluding carboxylic acids is 1. The number of hydrogen-bond donors (Lipinski definition) is 3. The van der Waals surface area contributed by atoms with Crippen molar-refractivity contribution in [3.8, 4) is 0 Å². The van der Waals surface area contributed by atoms with E-state index in [9.17, 15) is 9.59 Å². The summed E-state index contributed by atoms with van der Waals surface area (Å²) < 4.78 is 0. The van der Waals surface area contributed by atoms with Gasteiger partial charge in [0.05, 0.1) is 6.33 Å². The van der Waals surface area contributed by atoms with Crippen LogP contribution >= 0.6 is 23.2 Å². The number of carboxylic acid groups (broad SMARTS) is 1. The van der Waals surface area contributed by atoms with E-state index in [-0.39, 0.29) is 22.3 Å². The van der Waals surface area contributed by atoms with Crippen molar-refractivity contribution in [1.29, 1.82) is 0 Å². The van der Waals surface area contributed by atoms with Crippen LogP contribution in [0, 0.1) is 0 Å². The number of carbonyl (C=O) groups is 2. The van der Waals surface area contributed by atoms with Crippen LogP contribution in [0.2, 0.25) is 10.3 Å². The van der Waals surface area contributed by atoms with E-state index in [1.54, 1.807) is 0 Å². The standard InChI is InChI=1S/C12H10Cl2N4O3/c13-9-1-6(2-10(14)18-9)11(19)17-8(12(20)21)3-7-4-15-5-16-7/h1-2,4-5,8H,3H2,(H,15,16)(H,17,19)(H,20,21)/t8-/m1/s1. The summed E-state index contributed by atoms with van der Waals surface area (Å²) in [5, 5.41) is 11.7. The maximum Gasteiger partial charge on any atom is 0.326 e. The molecule has 1 atom stereocenters. The molecule has 0 aromatic carbocycles. The number of pyridine rings is 1. The smallest absolute Gasteiger partial charge is 0.326 e. The van der Waals surface area contributed by atoms with Crippen LogP contribution in [0.1, 0.15) is 16.1 Å². The largest absolute Gasteiger partial charge is 0.480 e. The molecule has 21 heavy (non-hydrogen) atoms. The van der Waals surface area contributed by atoms with Gasteiger partial charge >= 0.3 is 5.97 Å². The fourth-order valence-corrected chi connectivity index (χ4v) is 2.11. The number of H-pyrrole nitrogens is 1. The molecule has 0 aliphatic rings. The first-order valence-corrected chi connectivity index (χ1v) is 6.55. The molecule has 2 rings (SSSR count). The summed E-state index contributed by atoms with van der Waals surface area (Å²) >= 11 is 11.4. The van der Waals surface area contributed by atoms with Gasteiger partial charge in [0.15, 0.2) is 0 Å². The van der Waals surface area contributed by atoms with E-state index in [0.717, 1.165) is 0 Å². The van der Waals surface area contributed by atoms with Gasteiger partial charge in [-0.05, 0) is 12.1 Å². The second-order valence-corrected chi connectivity index (χ2v) is 4.92. The normalized spacial score (nSPS) is 11.9. The summed E-state index contributed by atoms with van der Waals surface area (Å²) in [6.07, 6.45) is 2.99. The average molecular weight is 329 g/mol. The van der Waals surface area contributed by atoms with Gasteiger partial charge in [0, 0.05) is 23.9 Å². The van der Waals surface area contributed by atoms with E-state index >= 15 is 0 Å². The molecule has 0 radical (unpaired) electrons. The molecule has 0 spiro atoms. The molecule has 0 saturated heterocycles. The highest BCUT2D eigenvalue weighted by molar-refractivity contribution is 6.33. The van der Waals surface area contributed by atoms with Crippen LogP contribution < -0.4 is 5.32 Å². The lowest BCUT2D eigenvalue weighted by Crippen LogP contribution is -2.42. The van der Waals surface area contributed by atoms with Gasteiger partial charge in [-0.2, -0.15) is 0 Å². The van der Waals surface area contributed by atoms with E-state index in [4.69, 9.17) is 28.3 Å². The molecule has 2 aromatic heterocycles. The maximum atomic E-state index is 12.0. The van der Waals surface area contributed by atoms with E-state index < -0.39 is 17.9 Å². The van der Waals surface area contributed by atoms with Crippen molar-refractivity contribution in [2.45, 2.75) is 12.5 Å². The van der Waals surface area contributed by atoms with Crippen LogP contribution in [0.15, 0.2) is 24.7 Å². The molecule has 1 amide bonds. The highest BCUT2D eigenvalue weighted by atomic mass is 35.5. The Kier molecular flexibility index (Phi) is 4.77. The Morgan fingerprint density at radius 1 is 1.33 bits per heavy atom. The van der Waals surface area contributed by atoms with Gasteiger partial charge in [0.1, 0.15) is 16.3 Å². The van der Waals surface area contributed by atoms with Crippen LogP contribution in [-0.2, 0) is 11.2 Å². The Labute approximate surface area is 129 Å². The van der Waals surface area contributed by atoms with Gasteiger partial charge in [0.2, 0.25) is 0 Å². The van der Waals surface area contributed by atoms with Gasteiger partial charge in [-0.1, -0.05) is 23.2 Å². The molecule has 0 saturated carbocycles. The third-order valence-corrected chi connectivity index (χ3v) is 2.99. The molecule has 7 nitrogen and oxygen atoms in total. The van der Waals surface area contributed by atoms with Crippen LogP contribution in [0.3, 0.4) is 0 Å². The average Bonchev–Trinajstić information content (AvgIpc) is 2.89. The zero-order chi connectivity index (χ0) is 15.4. The van der Waals surface area contributed by atoms with E-state index in [1.807, 2.05) is 0 Å². The summed E-state index contributed by atoms with van der Waals surface area (Å²) in [5.41, 5.74) is 0.726. The Morgan fingerprint density at radius 3 is 2.52 bits per heavy atom. The first-order chi connectivity index (χ1) is 9.95. The number of aromatic amines is 1. The zero-order valence-electron chi connectivity index (χ0n) is 10.5. The third kappa shape index (κ3) is 4.17. The molecule has 3 N–H and O–H groups in total. The predicted molar refractivity (Wildman–Crippen MR) is 75.4 cm³/mol. The highest BCUT2D eigenvalue weighted by Gasteiger charge is 2.22. The van der Waals surface area contributed by atoms with E-state index in [2.05, 4.69) is 20.3 Å². The minimum absolute atomic E-state index is 0.0492. The second kappa shape index (κ2) is 6.55. The molecule has 9 heteroatoms. The minimum Gasteiger partial charge on any atom is -0.480 e. The Balaban J connectivity index is 2.12.